The van der Waals surface area contributed by atoms with E-state index in [0.29, 0.717) is 12.3 Å². The number of likely N-dealkylation sites (tertiary alicyclic amines) is 1. The van der Waals surface area contributed by atoms with Crippen LogP contribution in [0.25, 0.3) is 0 Å². The molecule has 0 saturated carbocycles. The van der Waals surface area contributed by atoms with E-state index in [0.717, 1.165) is 25.1 Å². The Morgan fingerprint density at radius 2 is 2.35 bits per heavy atom. The number of rotatable bonds is 5. The third-order valence-electron chi connectivity index (χ3n) is 4.90. The molecule has 1 saturated heterocycles. The van der Waals surface area contributed by atoms with Gasteiger partial charge in [-0.25, -0.2) is 0 Å². The number of carbonyl (C=O) groups excluding carboxylic acids is 1. The van der Waals surface area contributed by atoms with Crippen molar-refractivity contribution in [1.82, 2.24) is 20.0 Å². The Kier molecular flexibility index (Phi) is 4.48. The quantitative estimate of drug-likeness (QED) is 0.888. The molecule has 1 aromatic rings. The molecule has 1 aliphatic heterocycles. The molecule has 1 aromatic heterocycles. The highest BCUT2D eigenvalue weighted by molar-refractivity contribution is 5.76. The van der Waals surface area contributed by atoms with Crippen LogP contribution in [-0.2, 0) is 11.2 Å². The van der Waals surface area contributed by atoms with Crippen LogP contribution < -0.4 is 0 Å². The molecule has 2 heterocycles. The Hall–Kier alpha value is -1.36. The Morgan fingerprint density at radius 1 is 1.60 bits per heavy atom. The van der Waals surface area contributed by atoms with Crippen molar-refractivity contribution in [1.29, 1.82) is 0 Å². The summed E-state index contributed by atoms with van der Waals surface area (Å²) in [6.45, 7) is 6.51. The molecular weight excluding hydrogens is 252 g/mol. The van der Waals surface area contributed by atoms with E-state index in [-0.39, 0.29) is 11.4 Å². The van der Waals surface area contributed by atoms with Crippen LogP contribution in [0.3, 0.4) is 0 Å². The molecule has 5 nitrogen and oxygen atoms in total. The van der Waals surface area contributed by atoms with Crippen LogP contribution >= 0.6 is 0 Å². The first kappa shape index (κ1) is 15.0. The second-order valence-corrected chi connectivity index (χ2v) is 6.44. The number of carbonyl (C=O) groups is 1. The van der Waals surface area contributed by atoms with Gasteiger partial charge in [-0.1, -0.05) is 0 Å². The summed E-state index contributed by atoms with van der Waals surface area (Å²) >= 11 is 0. The predicted octanol–water partition coefficient (Wildman–Crippen LogP) is 1.53. The molecule has 5 heteroatoms. The summed E-state index contributed by atoms with van der Waals surface area (Å²) in [5.74, 6) is 0.770. The number of hydrogen-bond acceptors (Lipinski definition) is 3. The van der Waals surface area contributed by atoms with Gasteiger partial charge in [0.25, 0.3) is 0 Å². The minimum atomic E-state index is 0.180. The van der Waals surface area contributed by atoms with Crippen LogP contribution in [0.5, 0.6) is 0 Å². The van der Waals surface area contributed by atoms with E-state index in [2.05, 4.69) is 36.0 Å². The highest BCUT2D eigenvalue weighted by Gasteiger charge is 2.39. The number of H-pyrrole nitrogens is 1. The van der Waals surface area contributed by atoms with Crippen molar-refractivity contribution in [3.05, 3.63) is 18.0 Å². The lowest BCUT2D eigenvalue weighted by Gasteiger charge is -2.35. The van der Waals surface area contributed by atoms with Gasteiger partial charge in [-0.05, 0) is 51.8 Å². The van der Waals surface area contributed by atoms with Crippen molar-refractivity contribution in [2.24, 2.45) is 5.92 Å². The van der Waals surface area contributed by atoms with Gasteiger partial charge in [0.1, 0.15) is 0 Å². The van der Waals surface area contributed by atoms with Gasteiger partial charge < -0.3 is 9.80 Å². The summed E-state index contributed by atoms with van der Waals surface area (Å²) in [6.07, 6.45) is 6.11. The van der Waals surface area contributed by atoms with Crippen molar-refractivity contribution < 1.29 is 4.79 Å². The second kappa shape index (κ2) is 5.95. The highest BCUT2D eigenvalue weighted by atomic mass is 16.2. The molecule has 1 amide bonds. The number of aromatic nitrogens is 2. The van der Waals surface area contributed by atoms with Crippen LogP contribution in [-0.4, -0.2) is 58.6 Å². The van der Waals surface area contributed by atoms with E-state index in [4.69, 9.17) is 0 Å². The molecule has 112 valence electrons. The maximum Gasteiger partial charge on any atom is 0.222 e. The summed E-state index contributed by atoms with van der Waals surface area (Å²) in [6, 6.07) is 0. The highest BCUT2D eigenvalue weighted by Crippen LogP contribution is 2.33. The Balaban J connectivity index is 1.82. The van der Waals surface area contributed by atoms with Gasteiger partial charge in [-0.3, -0.25) is 9.89 Å². The van der Waals surface area contributed by atoms with Gasteiger partial charge in [-0.2, -0.15) is 5.10 Å². The van der Waals surface area contributed by atoms with Crippen molar-refractivity contribution in [3.8, 4) is 0 Å². The number of aromatic amines is 1. The number of nitrogens with one attached hydrogen (secondary N) is 1. The Bertz CT molecular complexity index is 441. The van der Waals surface area contributed by atoms with E-state index in [1.54, 1.807) is 6.20 Å². The average molecular weight is 278 g/mol. The topological polar surface area (TPSA) is 52.2 Å². The van der Waals surface area contributed by atoms with E-state index in [1.807, 2.05) is 18.1 Å². The summed E-state index contributed by atoms with van der Waals surface area (Å²) in [7, 11) is 4.09. The Labute approximate surface area is 121 Å². The molecule has 0 bridgehead atoms. The second-order valence-electron chi connectivity index (χ2n) is 6.44. The number of aryl methyl sites for hydroxylation is 1. The third kappa shape index (κ3) is 3.20. The Morgan fingerprint density at radius 3 is 2.90 bits per heavy atom. The largest absolute Gasteiger partial charge is 0.345 e. The first-order valence-electron chi connectivity index (χ1n) is 7.34. The summed E-state index contributed by atoms with van der Waals surface area (Å²) in [4.78, 5) is 16.5. The number of amides is 1. The minimum Gasteiger partial charge on any atom is -0.345 e. The van der Waals surface area contributed by atoms with E-state index >= 15 is 0 Å². The van der Waals surface area contributed by atoms with Gasteiger partial charge in [0, 0.05) is 31.7 Å². The molecular formula is C15H26N4O. The van der Waals surface area contributed by atoms with Crippen molar-refractivity contribution in [3.63, 3.8) is 0 Å². The lowest BCUT2D eigenvalue weighted by Crippen LogP contribution is -2.44. The fourth-order valence-electron chi connectivity index (χ4n) is 2.91. The lowest BCUT2D eigenvalue weighted by atomic mass is 9.88. The monoisotopic (exact) mass is 278 g/mol. The van der Waals surface area contributed by atoms with E-state index in [1.165, 1.54) is 6.42 Å². The van der Waals surface area contributed by atoms with Gasteiger partial charge >= 0.3 is 0 Å². The van der Waals surface area contributed by atoms with E-state index < -0.39 is 0 Å². The molecule has 1 atom stereocenters. The zero-order valence-electron chi connectivity index (χ0n) is 13.0. The standard InChI is InChI=1S/C15H26N4O/c1-15(2)13(7-8-19(15)4)11-18(3)14(20)6-5-12-9-16-17-10-12/h9-10,13H,5-8,11H2,1-4H3,(H,16,17). The molecule has 1 unspecified atom stereocenters. The first-order valence-corrected chi connectivity index (χ1v) is 7.34. The van der Waals surface area contributed by atoms with Crippen LogP contribution in [0, 0.1) is 5.92 Å². The minimum absolute atomic E-state index is 0.180. The first-order chi connectivity index (χ1) is 9.41. The van der Waals surface area contributed by atoms with Crippen molar-refractivity contribution >= 4 is 5.91 Å². The molecule has 20 heavy (non-hydrogen) atoms. The van der Waals surface area contributed by atoms with Gasteiger partial charge in [0.05, 0.1) is 6.20 Å². The lowest BCUT2D eigenvalue weighted by molar-refractivity contribution is -0.130. The molecule has 0 aliphatic carbocycles. The van der Waals surface area contributed by atoms with Crippen LogP contribution in [0.4, 0.5) is 0 Å². The van der Waals surface area contributed by atoms with Gasteiger partial charge in [0.2, 0.25) is 5.91 Å². The fraction of sp³-hybridized carbons (Fsp3) is 0.733. The maximum absolute atomic E-state index is 12.2. The molecule has 1 fully saturated rings. The predicted molar refractivity (Wildman–Crippen MR) is 79.4 cm³/mol. The van der Waals surface area contributed by atoms with Crippen molar-refractivity contribution in [2.45, 2.75) is 38.6 Å². The van der Waals surface area contributed by atoms with Crippen LogP contribution in [0.1, 0.15) is 32.3 Å². The summed E-state index contributed by atoms with van der Waals surface area (Å²) in [5.41, 5.74) is 1.27. The fourth-order valence-corrected chi connectivity index (χ4v) is 2.91. The molecule has 2 rings (SSSR count). The van der Waals surface area contributed by atoms with Gasteiger partial charge in [-0.15, -0.1) is 0 Å². The average Bonchev–Trinajstić information content (AvgIpc) is 2.99. The molecule has 0 radical (unpaired) electrons. The molecule has 0 aromatic carbocycles. The summed E-state index contributed by atoms with van der Waals surface area (Å²) < 4.78 is 0. The van der Waals surface area contributed by atoms with Crippen LogP contribution in [0.15, 0.2) is 12.4 Å². The molecule has 1 N–H and O–H groups in total. The smallest absolute Gasteiger partial charge is 0.222 e. The maximum atomic E-state index is 12.2. The third-order valence-corrected chi connectivity index (χ3v) is 4.90. The zero-order chi connectivity index (χ0) is 14.8. The molecule has 0 spiro atoms. The van der Waals surface area contributed by atoms with E-state index in [9.17, 15) is 4.79 Å². The number of nitrogens with zero attached hydrogens (tertiary/aromatic N) is 3. The summed E-state index contributed by atoms with van der Waals surface area (Å²) in [5, 5.41) is 6.68. The SMILES string of the molecule is CN(CC1CCN(C)C1(C)C)C(=O)CCc1cn[nH]c1. The normalized spacial score (nSPS) is 22.1. The van der Waals surface area contributed by atoms with Gasteiger partial charge in [0.15, 0.2) is 0 Å². The van der Waals surface area contributed by atoms with Crippen molar-refractivity contribution in [2.75, 3.05) is 27.2 Å². The zero-order valence-corrected chi connectivity index (χ0v) is 13.0. The molecule has 1 aliphatic rings. The number of hydrogen-bond donors (Lipinski definition) is 1. The van der Waals surface area contributed by atoms with Crippen LogP contribution in [0.2, 0.25) is 0 Å².